The summed E-state index contributed by atoms with van der Waals surface area (Å²) < 4.78 is 0. The average molecular weight is 266 g/mol. The van der Waals surface area contributed by atoms with E-state index in [4.69, 9.17) is 5.11 Å². The van der Waals surface area contributed by atoms with E-state index >= 15 is 0 Å². The molecule has 1 amide bonds. The summed E-state index contributed by atoms with van der Waals surface area (Å²) in [6.45, 7) is 0. The van der Waals surface area contributed by atoms with Crippen LogP contribution < -0.4 is 5.32 Å². The number of nitrogens with one attached hydrogen (secondary N) is 1. The number of rotatable bonds is 3. The molecule has 1 fully saturated rings. The molecule has 1 aromatic heterocycles. The minimum absolute atomic E-state index is 0.109. The van der Waals surface area contributed by atoms with Crippen LogP contribution in [0.1, 0.15) is 33.7 Å². The van der Waals surface area contributed by atoms with Crippen LogP contribution in [0.2, 0.25) is 0 Å². The summed E-state index contributed by atoms with van der Waals surface area (Å²) in [5.41, 5.74) is 0.238. The molecule has 6 heteroatoms. The van der Waals surface area contributed by atoms with Gasteiger partial charge in [0.25, 0.3) is 5.91 Å². The molecule has 0 saturated carbocycles. The van der Waals surface area contributed by atoms with Gasteiger partial charge in [0.15, 0.2) is 0 Å². The monoisotopic (exact) mass is 266 g/mol. The Bertz CT molecular complexity index is 458. The predicted octanol–water partition coefficient (Wildman–Crippen LogP) is 1.41. The molecule has 1 aliphatic rings. The highest BCUT2D eigenvalue weighted by Crippen LogP contribution is 2.17. The van der Waals surface area contributed by atoms with Crippen LogP contribution in [0.5, 0.6) is 0 Å². The minimum Gasteiger partial charge on any atom is -0.477 e. The molecule has 0 radical (unpaired) electrons. The first-order valence-corrected chi connectivity index (χ1v) is 6.90. The van der Waals surface area contributed by atoms with Crippen LogP contribution in [0.15, 0.2) is 18.3 Å². The van der Waals surface area contributed by atoms with Crippen molar-refractivity contribution in [3.05, 3.63) is 29.6 Å². The van der Waals surface area contributed by atoms with E-state index in [1.54, 1.807) is 0 Å². The van der Waals surface area contributed by atoms with Gasteiger partial charge in [-0.05, 0) is 36.5 Å². The number of carbonyl (C=O) groups excluding carboxylic acids is 1. The van der Waals surface area contributed by atoms with Crippen LogP contribution in [0.3, 0.4) is 0 Å². The highest BCUT2D eigenvalue weighted by Gasteiger charge is 2.17. The van der Waals surface area contributed by atoms with Gasteiger partial charge < -0.3 is 10.4 Å². The number of carbonyl (C=O) groups is 2. The third kappa shape index (κ3) is 3.22. The van der Waals surface area contributed by atoms with Crippen LogP contribution in [-0.4, -0.2) is 39.5 Å². The molecular weight excluding hydrogens is 252 g/mol. The third-order valence-electron chi connectivity index (χ3n) is 2.80. The van der Waals surface area contributed by atoms with Crippen molar-refractivity contribution in [1.82, 2.24) is 10.3 Å². The molecule has 18 heavy (non-hydrogen) atoms. The van der Waals surface area contributed by atoms with Gasteiger partial charge in [0, 0.05) is 17.8 Å². The second kappa shape index (κ2) is 5.86. The fourth-order valence-electron chi connectivity index (χ4n) is 1.80. The van der Waals surface area contributed by atoms with Crippen LogP contribution in [0, 0.1) is 0 Å². The number of thioether (sulfide) groups is 1. The summed E-state index contributed by atoms with van der Waals surface area (Å²) in [5, 5.41) is 11.7. The van der Waals surface area contributed by atoms with Crippen molar-refractivity contribution in [1.29, 1.82) is 0 Å². The van der Waals surface area contributed by atoms with Gasteiger partial charge in [0.05, 0.1) is 0 Å². The molecule has 0 bridgehead atoms. The third-order valence-corrected chi connectivity index (χ3v) is 3.85. The summed E-state index contributed by atoms with van der Waals surface area (Å²) in [7, 11) is 0. The smallest absolute Gasteiger partial charge is 0.354 e. The molecule has 0 aliphatic carbocycles. The first-order chi connectivity index (χ1) is 8.66. The van der Waals surface area contributed by atoms with Crippen LogP contribution in [0.25, 0.3) is 0 Å². The van der Waals surface area contributed by atoms with Crippen molar-refractivity contribution in [3.8, 4) is 0 Å². The summed E-state index contributed by atoms with van der Waals surface area (Å²) in [5.74, 6) is 0.763. The van der Waals surface area contributed by atoms with Gasteiger partial charge in [-0.2, -0.15) is 11.8 Å². The fourth-order valence-corrected chi connectivity index (χ4v) is 2.91. The molecule has 0 atom stereocenters. The highest BCUT2D eigenvalue weighted by atomic mass is 32.2. The average Bonchev–Trinajstić information content (AvgIpc) is 2.40. The Morgan fingerprint density at radius 2 is 2.11 bits per heavy atom. The van der Waals surface area contributed by atoms with Crippen molar-refractivity contribution in [2.24, 2.45) is 0 Å². The Kier molecular flexibility index (Phi) is 4.19. The lowest BCUT2D eigenvalue weighted by Crippen LogP contribution is -2.37. The highest BCUT2D eigenvalue weighted by molar-refractivity contribution is 7.99. The van der Waals surface area contributed by atoms with Gasteiger partial charge in [0.2, 0.25) is 0 Å². The van der Waals surface area contributed by atoms with Crippen molar-refractivity contribution in [2.75, 3.05) is 11.5 Å². The standard InChI is InChI=1S/C12H14N2O3S/c15-11(14-9-2-5-18-6-3-9)8-1-4-13-10(7-8)12(16)17/h1,4,7,9H,2-3,5-6H2,(H,14,15)(H,16,17). The first kappa shape index (κ1) is 12.9. The van der Waals surface area contributed by atoms with E-state index < -0.39 is 5.97 Å². The van der Waals surface area contributed by atoms with Gasteiger partial charge in [-0.1, -0.05) is 0 Å². The molecule has 0 aromatic carbocycles. The number of amides is 1. The Morgan fingerprint density at radius 1 is 1.39 bits per heavy atom. The van der Waals surface area contributed by atoms with E-state index in [1.807, 2.05) is 11.8 Å². The van der Waals surface area contributed by atoms with Crippen molar-refractivity contribution >= 4 is 23.6 Å². The van der Waals surface area contributed by atoms with Crippen molar-refractivity contribution in [2.45, 2.75) is 18.9 Å². The zero-order chi connectivity index (χ0) is 13.0. The van der Waals surface area contributed by atoms with Gasteiger partial charge in [-0.3, -0.25) is 4.79 Å². The number of carboxylic acid groups (broad SMARTS) is 1. The van der Waals surface area contributed by atoms with E-state index in [0.29, 0.717) is 5.56 Å². The quantitative estimate of drug-likeness (QED) is 0.864. The van der Waals surface area contributed by atoms with Crippen molar-refractivity contribution in [3.63, 3.8) is 0 Å². The molecule has 0 spiro atoms. The van der Waals surface area contributed by atoms with Crippen molar-refractivity contribution < 1.29 is 14.7 Å². The molecule has 5 nitrogen and oxygen atoms in total. The molecule has 2 rings (SSSR count). The summed E-state index contributed by atoms with van der Waals surface area (Å²) in [6, 6.07) is 3.02. The van der Waals surface area contributed by atoms with Gasteiger partial charge >= 0.3 is 5.97 Å². The second-order valence-electron chi connectivity index (χ2n) is 4.10. The first-order valence-electron chi connectivity index (χ1n) is 5.75. The number of carboxylic acids is 1. The number of pyridine rings is 1. The lowest BCUT2D eigenvalue weighted by molar-refractivity contribution is 0.0690. The van der Waals surface area contributed by atoms with Gasteiger partial charge in [-0.25, -0.2) is 9.78 Å². The SMILES string of the molecule is O=C(NC1CCSCC1)c1ccnc(C(=O)O)c1. The maximum Gasteiger partial charge on any atom is 0.354 e. The number of aromatic carboxylic acids is 1. The number of hydrogen-bond donors (Lipinski definition) is 2. The van der Waals surface area contributed by atoms with E-state index in [2.05, 4.69) is 10.3 Å². The van der Waals surface area contributed by atoms with E-state index in [1.165, 1.54) is 18.3 Å². The summed E-state index contributed by atoms with van der Waals surface area (Å²) in [4.78, 5) is 26.4. The molecule has 2 heterocycles. The lowest BCUT2D eigenvalue weighted by atomic mass is 10.1. The van der Waals surface area contributed by atoms with Crippen LogP contribution >= 0.6 is 11.8 Å². The zero-order valence-electron chi connectivity index (χ0n) is 9.76. The maximum atomic E-state index is 11.9. The molecule has 1 aliphatic heterocycles. The van der Waals surface area contributed by atoms with Crippen LogP contribution in [-0.2, 0) is 0 Å². The molecule has 96 valence electrons. The lowest BCUT2D eigenvalue weighted by Gasteiger charge is -2.22. The summed E-state index contributed by atoms with van der Waals surface area (Å²) in [6.07, 6.45) is 3.27. The fraction of sp³-hybridized carbons (Fsp3) is 0.417. The number of hydrogen-bond acceptors (Lipinski definition) is 4. The molecule has 0 unspecified atom stereocenters. The van der Waals surface area contributed by atoms with E-state index in [9.17, 15) is 9.59 Å². The largest absolute Gasteiger partial charge is 0.477 e. The van der Waals surface area contributed by atoms with Gasteiger partial charge in [-0.15, -0.1) is 0 Å². The second-order valence-corrected chi connectivity index (χ2v) is 5.32. The number of aromatic nitrogens is 1. The Balaban J connectivity index is 2.03. The summed E-state index contributed by atoms with van der Waals surface area (Å²) >= 11 is 1.89. The van der Waals surface area contributed by atoms with E-state index in [-0.39, 0.29) is 17.6 Å². The topological polar surface area (TPSA) is 79.3 Å². The van der Waals surface area contributed by atoms with E-state index in [0.717, 1.165) is 24.3 Å². The normalized spacial score (nSPS) is 16.2. The Morgan fingerprint density at radius 3 is 2.78 bits per heavy atom. The Hall–Kier alpha value is -1.56. The Labute approximate surface area is 109 Å². The zero-order valence-corrected chi connectivity index (χ0v) is 10.6. The molecular formula is C12H14N2O3S. The minimum atomic E-state index is -1.13. The molecule has 2 N–H and O–H groups in total. The van der Waals surface area contributed by atoms with Gasteiger partial charge in [0.1, 0.15) is 5.69 Å². The number of nitrogens with zero attached hydrogens (tertiary/aromatic N) is 1. The molecule has 1 aromatic rings. The predicted molar refractivity (Wildman–Crippen MR) is 69.0 cm³/mol. The molecule has 1 saturated heterocycles. The van der Waals surface area contributed by atoms with Crippen LogP contribution in [0.4, 0.5) is 0 Å². The maximum absolute atomic E-state index is 11.9.